The Morgan fingerprint density at radius 2 is 0.872 bits per heavy atom. The molecule has 0 spiro atoms. The molecule has 39 heavy (non-hydrogen) atoms. The maximum Gasteiger partial charge on any atom is 0.323 e. The van der Waals surface area contributed by atoms with Gasteiger partial charge in [0.2, 0.25) is 5.91 Å². The lowest BCUT2D eigenvalue weighted by Crippen LogP contribution is -2.37. The monoisotopic (exact) mass is 555 g/mol. The van der Waals surface area contributed by atoms with Crippen LogP contribution in [0.5, 0.6) is 0 Å². The number of esters is 2. The molecule has 0 saturated heterocycles. The van der Waals surface area contributed by atoms with E-state index in [2.05, 4.69) is 0 Å². The molecule has 1 amide bonds. The van der Waals surface area contributed by atoms with Gasteiger partial charge in [-0.1, -0.05) is 77.0 Å². The van der Waals surface area contributed by atoms with Crippen molar-refractivity contribution in [1.29, 1.82) is 0 Å². The minimum Gasteiger partial charge on any atom is -0.480 e. The van der Waals surface area contributed by atoms with Gasteiger partial charge in [-0.15, -0.1) is 0 Å². The van der Waals surface area contributed by atoms with E-state index >= 15 is 0 Å². The van der Waals surface area contributed by atoms with Crippen molar-refractivity contribution in [2.45, 2.75) is 162 Å². The van der Waals surface area contributed by atoms with Crippen LogP contribution >= 0.6 is 0 Å². The Labute approximate surface area is 237 Å². The molecule has 228 valence electrons. The summed E-state index contributed by atoms with van der Waals surface area (Å²) in [7, 11) is 0. The highest BCUT2D eigenvalue weighted by molar-refractivity contribution is 5.82. The molecule has 0 aromatic carbocycles. The van der Waals surface area contributed by atoms with Gasteiger partial charge in [0.05, 0.1) is 6.42 Å². The molecule has 1 N–H and O–H groups in total. The molecule has 0 aliphatic rings. The van der Waals surface area contributed by atoms with Crippen molar-refractivity contribution < 1.29 is 33.8 Å². The highest BCUT2D eigenvalue weighted by Gasteiger charge is 2.21. The minimum absolute atomic E-state index is 0.00780. The Balaban J connectivity index is 3.71. The van der Waals surface area contributed by atoms with Gasteiger partial charge < -0.3 is 19.5 Å². The van der Waals surface area contributed by atoms with E-state index in [9.17, 15) is 19.2 Å². The van der Waals surface area contributed by atoms with Crippen LogP contribution in [0.3, 0.4) is 0 Å². The second-order valence-corrected chi connectivity index (χ2v) is 12.6. The van der Waals surface area contributed by atoms with Crippen molar-refractivity contribution in [3.05, 3.63) is 0 Å². The molecule has 0 aliphatic heterocycles. The predicted molar refractivity (Wildman–Crippen MR) is 154 cm³/mol. The molecule has 0 aromatic rings. The number of hydrogen-bond acceptors (Lipinski definition) is 6. The first-order chi connectivity index (χ1) is 18.2. The lowest BCUT2D eigenvalue weighted by Gasteiger charge is -2.23. The van der Waals surface area contributed by atoms with Crippen LogP contribution in [0.1, 0.15) is 151 Å². The lowest BCUT2D eigenvalue weighted by molar-refractivity contribution is -0.156. The number of aliphatic carboxylic acids is 1. The van der Waals surface area contributed by atoms with Gasteiger partial charge in [0.15, 0.2) is 0 Å². The molecule has 8 nitrogen and oxygen atoms in total. The summed E-state index contributed by atoms with van der Waals surface area (Å²) >= 11 is 0. The number of carbonyl (C=O) groups excluding carboxylic acids is 3. The summed E-state index contributed by atoms with van der Waals surface area (Å²) in [6.07, 6.45) is 16.7. The molecule has 8 heteroatoms. The van der Waals surface area contributed by atoms with E-state index in [1.807, 2.05) is 20.8 Å². The number of ether oxygens (including phenoxy) is 2. The molecule has 0 aliphatic carbocycles. The Morgan fingerprint density at radius 3 is 1.23 bits per heavy atom. The molecular weight excluding hydrogens is 498 g/mol. The van der Waals surface area contributed by atoms with Gasteiger partial charge in [0.1, 0.15) is 17.7 Å². The van der Waals surface area contributed by atoms with Gasteiger partial charge in [-0.2, -0.15) is 0 Å². The average molecular weight is 556 g/mol. The van der Waals surface area contributed by atoms with Gasteiger partial charge in [0, 0.05) is 19.4 Å². The van der Waals surface area contributed by atoms with Crippen LogP contribution in [0, 0.1) is 0 Å². The molecule has 0 atom stereocenters. The van der Waals surface area contributed by atoms with Crippen LogP contribution < -0.4 is 0 Å². The second kappa shape index (κ2) is 20.7. The number of carboxylic acids is 1. The molecule has 0 radical (unpaired) electrons. The van der Waals surface area contributed by atoms with E-state index in [-0.39, 0.29) is 24.8 Å². The summed E-state index contributed by atoms with van der Waals surface area (Å²) in [5, 5.41) is 9.11. The number of nitrogens with zero attached hydrogens (tertiary/aromatic N) is 1. The number of hydrogen-bond donors (Lipinski definition) is 1. The van der Waals surface area contributed by atoms with Crippen LogP contribution in [0.4, 0.5) is 0 Å². The van der Waals surface area contributed by atoms with E-state index in [0.29, 0.717) is 12.8 Å². The normalized spacial score (nSPS) is 11.7. The zero-order chi connectivity index (χ0) is 29.7. The van der Waals surface area contributed by atoms with E-state index in [1.54, 1.807) is 20.8 Å². The fourth-order valence-corrected chi connectivity index (χ4v) is 4.29. The third-order valence-electron chi connectivity index (χ3n) is 6.13. The topological polar surface area (TPSA) is 110 Å². The van der Waals surface area contributed by atoms with Crippen LogP contribution in [-0.4, -0.2) is 58.1 Å². The summed E-state index contributed by atoms with van der Waals surface area (Å²) in [6.45, 7) is 10.7. The van der Waals surface area contributed by atoms with Crippen molar-refractivity contribution in [3.8, 4) is 0 Å². The highest BCUT2D eigenvalue weighted by atomic mass is 16.6. The number of carbonyl (C=O) groups is 4. The van der Waals surface area contributed by atoms with Crippen LogP contribution in [0.2, 0.25) is 0 Å². The molecule has 0 fully saturated rings. The number of amides is 1. The second-order valence-electron chi connectivity index (χ2n) is 12.6. The molecule has 0 bridgehead atoms. The first-order valence-corrected chi connectivity index (χ1v) is 15.1. The maximum atomic E-state index is 12.5. The fraction of sp³-hybridized carbons (Fsp3) is 0.871. The summed E-state index contributed by atoms with van der Waals surface area (Å²) in [5.41, 5.74) is -0.998. The Hall–Kier alpha value is -2.12. The smallest absolute Gasteiger partial charge is 0.323 e. The molecule has 0 rings (SSSR count). The van der Waals surface area contributed by atoms with Crippen molar-refractivity contribution in [2.75, 3.05) is 13.1 Å². The quantitative estimate of drug-likeness (QED) is 0.111. The van der Waals surface area contributed by atoms with Crippen molar-refractivity contribution in [3.63, 3.8) is 0 Å². The zero-order valence-corrected chi connectivity index (χ0v) is 25.8. The van der Waals surface area contributed by atoms with E-state index in [1.165, 1.54) is 56.3 Å². The van der Waals surface area contributed by atoms with E-state index < -0.39 is 29.7 Å². The van der Waals surface area contributed by atoms with E-state index in [0.717, 1.165) is 38.5 Å². The fourth-order valence-electron chi connectivity index (χ4n) is 4.29. The molecule has 0 unspecified atom stereocenters. The Kier molecular flexibility index (Phi) is 19.6. The molecule has 0 saturated carbocycles. The first-order valence-electron chi connectivity index (χ1n) is 15.1. The summed E-state index contributed by atoms with van der Waals surface area (Å²) in [4.78, 5) is 48.4. The number of carboxylic acid groups (broad SMARTS) is 1. The molecule has 0 aromatic heterocycles. The van der Waals surface area contributed by atoms with Gasteiger partial charge in [0.25, 0.3) is 0 Å². The standard InChI is InChI=1S/C31H57NO7/c1-30(2,3)38-28(36)22-20-18-16-14-12-10-8-7-9-11-13-15-17-19-21-26(33)32(25-27(34)35)24-23-29(37)39-31(4,5)6/h7-25H2,1-6H3,(H,34,35). The van der Waals surface area contributed by atoms with Gasteiger partial charge in [-0.3, -0.25) is 19.2 Å². The third-order valence-corrected chi connectivity index (χ3v) is 6.13. The largest absolute Gasteiger partial charge is 0.480 e. The SMILES string of the molecule is CC(C)(C)OC(=O)CCCCCCCCCCCCCCCCC(=O)N(CCC(=O)OC(C)(C)C)CC(=O)O. The van der Waals surface area contributed by atoms with Crippen molar-refractivity contribution in [1.82, 2.24) is 4.90 Å². The number of unbranched alkanes of at least 4 members (excludes halogenated alkanes) is 13. The minimum atomic E-state index is -1.08. The molecule has 0 heterocycles. The predicted octanol–water partition coefficient (Wildman–Crippen LogP) is 7.21. The highest BCUT2D eigenvalue weighted by Crippen LogP contribution is 2.15. The van der Waals surface area contributed by atoms with Crippen molar-refractivity contribution in [2.24, 2.45) is 0 Å². The summed E-state index contributed by atoms with van der Waals surface area (Å²) in [6, 6.07) is 0. The van der Waals surface area contributed by atoms with Crippen LogP contribution in [0.15, 0.2) is 0 Å². The third kappa shape index (κ3) is 25.9. The lowest BCUT2D eigenvalue weighted by atomic mass is 10.0. The van der Waals surface area contributed by atoms with E-state index in [4.69, 9.17) is 14.6 Å². The average Bonchev–Trinajstić information content (AvgIpc) is 2.78. The van der Waals surface area contributed by atoms with Crippen LogP contribution in [-0.2, 0) is 28.7 Å². The maximum absolute atomic E-state index is 12.5. The number of rotatable bonds is 22. The Morgan fingerprint density at radius 1 is 0.538 bits per heavy atom. The summed E-state index contributed by atoms with van der Waals surface area (Å²) in [5.74, 6) is -1.82. The zero-order valence-electron chi connectivity index (χ0n) is 25.8. The van der Waals surface area contributed by atoms with Crippen LogP contribution in [0.25, 0.3) is 0 Å². The Bertz CT molecular complexity index is 707. The first kappa shape index (κ1) is 36.9. The van der Waals surface area contributed by atoms with Gasteiger partial charge in [-0.05, 0) is 54.4 Å². The summed E-state index contributed by atoms with van der Waals surface area (Å²) < 4.78 is 10.6. The van der Waals surface area contributed by atoms with Gasteiger partial charge >= 0.3 is 17.9 Å². The van der Waals surface area contributed by atoms with Gasteiger partial charge in [-0.25, -0.2) is 0 Å². The van der Waals surface area contributed by atoms with Crippen molar-refractivity contribution >= 4 is 23.8 Å². The molecular formula is C31H57NO7.